The van der Waals surface area contributed by atoms with Gasteiger partial charge in [0.1, 0.15) is 6.10 Å². The second kappa shape index (κ2) is 5.04. The Morgan fingerprint density at radius 2 is 2.40 bits per heavy atom. The Labute approximate surface area is 95.7 Å². The van der Waals surface area contributed by atoms with Crippen LogP contribution in [0.25, 0.3) is 0 Å². The summed E-state index contributed by atoms with van der Waals surface area (Å²) < 4.78 is 5.07. The Bertz CT molecular complexity index is 392. The van der Waals surface area contributed by atoms with Gasteiger partial charge in [-0.25, -0.2) is 4.79 Å². The maximum atomic E-state index is 11.1. The zero-order chi connectivity index (χ0) is 11.4. The maximum absolute atomic E-state index is 11.1. The Morgan fingerprint density at radius 3 is 2.93 bits per heavy atom. The van der Waals surface area contributed by atoms with E-state index in [1.54, 1.807) is 12.1 Å². The van der Waals surface area contributed by atoms with Gasteiger partial charge in [0.05, 0.1) is 18.4 Å². The molecule has 0 radical (unpaired) electrons. The molecule has 1 heterocycles. The van der Waals surface area contributed by atoms with Crippen LogP contribution < -0.4 is 0 Å². The van der Waals surface area contributed by atoms with Gasteiger partial charge in [-0.3, -0.25) is 4.98 Å². The molecule has 15 heavy (non-hydrogen) atoms. The summed E-state index contributed by atoms with van der Waals surface area (Å²) >= 11 is 3.22. The third kappa shape index (κ3) is 2.64. The first kappa shape index (κ1) is 11.9. The Balaban J connectivity index is 2.95. The summed E-state index contributed by atoms with van der Waals surface area (Å²) in [5.41, 5.74) is 0.296. The van der Waals surface area contributed by atoms with Crippen molar-refractivity contribution < 1.29 is 14.6 Å². The number of aromatic nitrogens is 1. The molecule has 1 rings (SSSR count). The molecule has 1 atom stereocenters. The van der Waals surface area contributed by atoms with E-state index >= 15 is 0 Å². The van der Waals surface area contributed by atoms with Crippen LogP contribution in [0.1, 0.15) is 11.8 Å². The highest BCUT2D eigenvalue weighted by molar-refractivity contribution is 9.10. The third-order valence-corrected chi connectivity index (χ3v) is 2.49. The summed E-state index contributed by atoms with van der Waals surface area (Å²) in [5.74, 6) is -0.653. The van der Waals surface area contributed by atoms with Gasteiger partial charge in [0.15, 0.2) is 0 Å². The number of methoxy groups -OCH3 is 1. The van der Waals surface area contributed by atoms with E-state index in [0.29, 0.717) is 10.2 Å². The Hall–Kier alpha value is -1.20. The lowest BCUT2D eigenvalue weighted by Crippen LogP contribution is -2.13. The number of carbonyl (C=O) groups excluding carboxylic acids is 1. The van der Waals surface area contributed by atoms with E-state index < -0.39 is 12.1 Å². The standard InChI is InChI=1S/C10H10BrNO3/c1-6(10(14)15-2)9(13)8-7(11)4-3-5-12-8/h3-5,9,13H,1H2,2H3. The molecule has 1 N–H and O–H groups in total. The lowest BCUT2D eigenvalue weighted by Gasteiger charge is -2.12. The number of hydrogen-bond acceptors (Lipinski definition) is 4. The van der Waals surface area contributed by atoms with Crippen molar-refractivity contribution >= 4 is 21.9 Å². The molecule has 1 aromatic rings. The molecule has 0 aliphatic carbocycles. The predicted octanol–water partition coefficient (Wildman–Crippen LogP) is 1.61. The van der Waals surface area contributed by atoms with E-state index in [1.165, 1.54) is 13.3 Å². The quantitative estimate of drug-likeness (QED) is 0.670. The van der Waals surface area contributed by atoms with Gasteiger partial charge in [0.2, 0.25) is 0 Å². The van der Waals surface area contributed by atoms with Crippen LogP contribution in [0.3, 0.4) is 0 Å². The van der Waals surface area contributed by atoms with E-state index in [4.69, 9.17) is 0 Å². The van der Waals surface area contributed by atoms with Gasteiger partial charge in [0, 0.05) is 10.7 Å². The van der Waals surface area contributed by atoms with Gasteiger partial charge in [-0.15, -0.1) is 0 Å². The molecule has 0 aliphatic rings. The lowest BCUT2D eigenvalue weighted by molar-refractivity contribution is -0.137. The largest absolute Gasteiger partial charge is 0.466 e. The first-order valence-corrected chi connectivity index (χ1v) is 4.92. The molecule has 0 saturated carbocycles. The summed E-state index contributed by atoms with van der Waals surface area (Å²) in [6.45, 7) is 3.46. The molecule has 0 saturated heterocycles. The van der Waals surface area contributed by atoms with E-state index in [1.807, 2.05) is 0 Å². The number of ether oxygens (including phenoxy) is 1. The third-order valence-electron chi connectivity index (χ3n) is 1.82. The van der Waals surface area contributed by atoms with Crippen molar-refractivity contribution in [3.05, 3.63) is 40.6 Å². The van der Waals surface area contributed by atoms with E-state index in [-0.39, 0.29) is 5.57 Å². The smallest absolute Gasteiger partial charge is 0.336 e. The number of rotatable bonds is 3. The number of esters is 1. The highest BCUT2D eigenvalue weighted by Crippen LogP contribution is 2.25. The van der Waals surface area contributed by atoms with Gasteiger partial charge in [-0.1, -0.05) is 6.58 Å². The fourth-order valence-corrected chi connectivity index (χ4v) is 1.48. The maximum Gasteiger partial charge on any atom is 0.336 e. The number of nitrogens with zero attached hydrogens (tertiary/aromatic N) is 1. The number of carbonyl (C=O) groups is 1. The van der Waals surface area contributed by atoms with Crippen LogP contribution in [-0.4, -0.2) is 23.2 Å². The SMILES string of the molecule is C=C(C(=O)OC)C(O)c1ncccc1Br. The van der Waals surface area contributed by atoms with Crippen molar-refractivity contribution in [2.45, 2.75) is 6.10 Å². The summed E-state index contributed by atoms with van der Waals surface area (Å²) in [4.78, 5) is 15.1. The molecule has 0 amide bonds. The topological polar surface area (TPSA) is 59.4 Å². The molecule has 0 bridgehead atoms. The van der Waals surface area contributed by atoms with Crippen LogP contribution >= 0.6 is 15.9 Å². The number of hydrogen-bond donors (Lipinski definition) is 1. The van der Waals surface area contributed by atoms with Crippen molar-refractivity contribution in [1.29, 1.82) is 0 Å². The van der Waals surface area contributed by atoms with Crippen LogP contribution in [0.4, 0.5) is 0 Å². The number of aliphatic hydroxyl groups excluding tert-OH is 1. The number of halogens is 1. The predicted molar refractivity (Wildman–Crippen MR) is 58.1 cm³/mol. The van der Waals surface area contributed by atoms with Crippen LogP contribution in [0, 0.1) is 0 Å². The zero-order valence-corrected chi connectivity index (χ0v) is 9.69. The van der Waals surface area contributed by atoms with Crippen molar-refractivity contribution in [2.75, 3.05) is 7.11 Å². The molecular formula is C10H10BrNO3. The van der Waals surface area contributed by atoms with E-state index in [9.17, 15) is 9.90 Å². The van der Waals surface area contributed by atoms with Crippen molar-refractivity contribution in [3.63, 3.8) is 0 Å². The molecule has 1 aromatic heterocycles. The van der Waals surface area contributed by atoms with Gasteiger partial charge in [0.25, 0.3) is 0 Å². The summed E-state index contributed by atoms with van der Waals surface area (Å²) in [6, 6.07) is 3.43. The van der Waals surface area contributed by atoms with Crippen LogP contribution in [0.2, 0.25) is 0 Å². The minimum atomic E-state index is -1.16. The molecule has 80 valence electrons. The summed E-state index contributed by atoms with van der Waals surface area (Å²) in [7, 11) is 1.23. The van der Waals surface area contributed by atoms with Gasteiger partial charge >= 0.3 is 5.97 Å². The monoisotopic (exact) mass is 271 g/mol. The fraction of sp³-hybridized carbons (Fsp3) is 0.200. The second-order valence-corrected chi connectivity index (χ2v) is 3.64. The van der Waals surface area contributed by atoms with Crippen molar-refractivity contribution in [3.8, 4) is 0 Å². The number of pyridine rings is 1. The van der Waals surface area contributed by atoms with Crippen molar-refractivity contribution in [2.24, 2.45) is 0 Å². The van der Waals surface area contributed by atoms with Crippen LogP contribution in [0.5, 0.6) is 0 Å². The minimum absolute atomic E-state index is 0.0445. The van der Waals surface area contributed by atoms with Crippen molar-refractivity contribution in [1.82, 2.24) is 4.98 Å². The molecule has 0 aromatic carbocycles. The average molecular weight is 272 g/mol. The van der Waals surface area contributed by atoms with E-state index in [0.717, 1.165) is 0 Å². The van der Waals surface area contributed by atoms with Crippen LogP contribution in [0.15, 0.2) is 35.0 Å². The molecule has 4 nitrogen and oxygen atoms in total. The molecule has 1 unspecified atom stereocenters. The first-order chi connectivity index (χ1) is 7.07. The highest BCUT2D eigenvalue weighted by Gasteiger charge is 2.21. The molecule has 5 heteroatoms. The van der Waals surface area contributed by atoms with Gasteiger partial charge in [-0.2, -0.15) is 0 Å². The Kier molecular flexibility index (Phi) is 3.99. The highest BCUT2D eigenvalue weighted by atomic mass is 79.9. The lowest BCUT2D eigenvalue weighted by atomic mass is 10.1. The average Bonchev–Trinajstić information content (AvgIpc) is 2.26. The molecule has 0 aliphatic heterocycles. The van der Waals surface area contributed by atoms with E-state index in [2.05, 4.69) is 32.2 Å². The molecule has 0 fully saturated rings. The first-order valence-electron chi connectivity index (χ1n) is 4.13. The summed E-state index contributed by atoms with van der Waals surface area (Å²) in [6.07, 6.45) is 0.362. The number of aliphatic hydroxyl groups is 1. The summed E-state index contributed by atoms with van der Waals surface area (Å²) in [5, 5.41) is 9.78. The Morgan fingerprint density at radius 1 is 1.73 bits per heavy atom. The normalized spacial score (nSPS) is 11.9. The van der Waals surface area contributed by atoms with Gasteiger partial charge < -0.3 is 9.84 Å². The second-order valence-electron chi connectivity index (χ2n) is 2.79. The van der Waals surface area contributed by atoms with Gasteiger partial charge in [-0.05, 0) is 28.1 Å². The molecule has 0 spiro atoms. The zero-order valence-electron chi connectivity index (χ0n) is 8.11. The fourth-order valence-electron chi connectivity index (χ4n) is 1.01. The van der Waals surface area contributed by atoms with Crippen LogP contribution in [-0.2, 0) is 9.53 Å². The minimum Gasteiger partial charge on any atom is -0.466 e. The molecular weight excluding hydrogens is 262 g/mol.